The summed E-state index contributed by atoms with van der Waals surface area (Å²) in [6, 6.07) is 7.23. The van der Waals surface area contributed by atoms with E-state index in [4.69, 9.17) is 0 Å². The van der Waals surface area contributed by atoms with Gasteiger partial charge in [0.05, 0.1) is 23.4 Å². The van der Waals surface area contributed by atoms with E-state index in [1.54, 1.807) is 29.1 Å². The Morgan fingerprint density at radius 2 is 2.12 bits per heavy atom. The number of carbonyl (C=O) groups is 1. The highest BCUT2D eigenvalue weighted by Gasteiger charge is 2.10. The third-order valence-electron chi connectivity index (χ3n) is 3.71. The Morgan fingerprint density at radius 3 is 2.92 bits per heavy atom. The molecule has 7 heteroatoms. The van der Waals surface area contributed by atoms with Crippen LogP contribution in [0.2, 0.25) is 0 Å². The zero-order chi connectivity index (χ0) is 17.1. The van der Waals surface area contributed by atoms with Crippen molar-refractivity contribution in [1.29, 1.82) is 0 Å². The van der Waals surface area contributed by atoms with Gasteiger partial charge in [0, 0.05) is 12.6 Å². The molecule has 0 saturated carbocycles. The molecular formula is C17H19N5O2. The monoisotopic (exact) mass is 325 g/mol. The van der Waals surface area contributed by atoms with Crippen LogP contribution in [0.3, 0.4) is 0 Å². The first-order chi connectivity index (χ1) is 11.6. The van der Waals surface area contributed by atoms with E-state index in [1.807, 2.05) is 19.9 Å². The Kier molecular flexibility index (Phi) is 4.41. The molecule has 0 fully saturated rings. The predicted molar refractivity (Wildman–Crippen MR) is 91.9 cm³/mol. The SMILES string of the molecule is CCCn1nccc1NC(=O)Cn1cnc2ccc(C)cc2c1=O. The molecule has 0 aliphatic rings. The average Bonchev–Trinajstić information content (AvgIpc) is 2.98. The lowest BCUT2D eigenvalue weighted by Gasteiger charge is -2.09. The summed E-state index contributed by atoms with van der Waals surface area (Å²) in [5.74, 6) is 0.336. The maximum atomic E-state index is 12.5. The predicted octanol–water partition coefficient (Wildman–Crippen LogP) is 1.95. The average molecular weight is 325 g/mol. The lowest BCUT2D eigenvalue weighted by atomic mass is 10.2. The van der Waals surface area contributed by atoms with Gasteiger partial charge >= 0.3 is 0 Å². The second-order valence-electron chi connectivity index (χ2n) is 5.69. The van der Waals surface area contributed by atoms with Gasteiger partial charge in [0.25, 0.3) is 5.56 Å². The summed E-state index contributed by atoms with van der Waals surface area (Å²) < 4.78 is 3.04. The smallest absolute Gasteiger partial charge is 0.261 e. The molecule has 124 valence electrons. The van der Waals surface area contributed by atoms with Crippen LogP contribution in [-0.4, -0.2) is 25.2 Å². The van der Waals surface area contributed by atoms with Crippen molar-refractivity contribution < 1.29 is 4.79 Å². The first-order valence-corrected chi connectivity index (χ1v) is 7.86. The highest BCUT2D eigenvalue weighted by atomic mass is 16.2. The molecule has 24 heavy (non-hydrogen) atoms. The third kappa shape index (κ3) is 3.19. The number of aromatic nitrogens is 4. The third-order valence-corrected chi connectivity index (χ3v) is 3.71. The van der Waals surface area contributed by atoms with E-state index in [0.717, 1.165) is 18.5 Å². The molecule has 0 unspecified atom stereocenters. The minimum atomic E-state index is -0.288. The van der Waals surface area contributed by atoms with E-state index in [0.29, 0.717) is 16.7 Å². The number of fused-ring (bicyclic) bond motifs is 1. The molecule has 2 aromatic heterocycles. The van der Waals surface area contributed by atoms with Crippen molar-refractivity contribution in [2.24, 2.45) is 0 Å². The summed E-state index contributed by atoms with van der Waals surface area (Å²) >= 11 is 0. The Morgan fingerprint density at radius 1 is 1.29 bits per heavy atom. The van der Waals surface area contributed by atoms with Crippen molar-refractivity contribution in [2.45, 2.75) is 33.4 Å². The molecule has 1 aromatic carbocycles. The quantitative estimate of drug-likeness (QED) is 0.777. The molecule has 0 bridgehead atoms. The minimum absolute atomic E-state index is 0.0903. The topological polar surface area (TPSA) is 81.8 Å². The molecule has 0 saturated heterocycles. The normalized spacial score (nSPS) is 10.9. The maximum Gasteiger partial charge on any atom is 0.261 e. The fourth-order valence-corrected chi connectivity index (χ4v) is 2.55. The first kappa shape index (κ1) is 15.9. The molecule has 3 aromatic rings. The van der Waals surface area contributed by atoms with Gasteiger partial charge in [0.15, 0.2) is 0 Å². The van der Waals surface area contributed by atoms with Crippen molar-refractivity contribution in [1.82, 2.24) is 19.3 Å². The zero-order valence-corrected chi connectivity index (χ0v) is 13.7. The van der Waals surface area contributed by atoms with Crippen LogP contribution < -0.4 is 10.9 Å². The standard InChI is InChI=1S/C17H19N5O2/c1-3-8-22-15(6-7-19-22)20-16(23)10-21-11-18-14-5-4-12(2)9-13(14)17(21)24/h4-7,9,11H,3,8,10H2,1-2H3,(H,20,23). The lowest BCUT2D eigenvalue weighted by molar-refractivity contribution is -0.116. The molecule has 1 amide bonds. The van der Waals surface area contributed by atoms with Gasteiger partial charge in [-0.3, -0.25) is 14.2 Å². The number of nitrogens with one attached hydrogen (secondary N) is 1. The summed E-state index contributed by atoms with van der Waals surface area (Å²) in [4.78, 5) is 29.0. The number of hydrogen-bond acceptors (Lipinski definition) is 4. The van der Waals surface area contributed by atoms with Crippen LogP contribution in [0.5, 0.6) is 0 Å². The molecule has 0 aliphatic carbocycles. The van der Waals surface area contributed by atoms with Crippen molar-refractivity contribution in [3.05, 3.63) is 52.7 Å². The van der Waals surface area contributed by atoms with Gasteiger partial charge in [0.1, 0.15) is 12.4 Å². The van der Waals surface area contributed by atoms with Crippen LogP contribution in [0.25, 0.3) is 10.9 Å². The van der Waals surface area contributed by atoms with Gasteiger partial charge in [-0.05, 0) is 25.5 Å². The molecule has 0 radical (unpaired) electrons. The second kappa shape index (κ2) is 6.66. The molecule has 2 heterocycles. The number of anilines is 1. The van der Waals surface area contributed by atoms with Gasteiger partial charge in [-0.25, -0.2) is 9.67 Å². The van der Waals surface area contributed by atoms with Crippen LogP contribution in [0.15, 0.2) is 41.6 Å². The number of hydrogen-bond donors (Lipinski definition) is 1. The number of carbonyl (C=O) groups excluding carboxylic acids is 1. The second-order valence-corrected chi connectivity index (χ2v) is 5.69. The molecule has 7 nitrogen and oxygen atoms in total. The summed E-state index contributed by atoms with van der Waals surface area (Å²) in [6.45, 7) is 4.58. The molecule has 0 aliphatic heterocycles. The lowest BCUT2D eigenvalue weighted by Crippen LogP contribution is -2.28. The highest BCUT2D eigenvalue weighted by Crippen LogP contribution is 2.09. The van der Waals surface area contributed by atoms with Gasteiger partial charge in [-0.1, -0.05) is 18.6 Å². The van der Waals surface area contributed by atoms with Crippen molar-refractivity contribution in [3.63, 3.8) is 0 Å². The van der Waals surface area contributed by atoms with Crippen LogP contribution in [0, 0.1) is 6.92 Å². The van der Waals surface area contributed by atoms with Crippen LogP contribution in [-0.2, 0) is 17.9 Å². The zero-order valence-electron chi connectivity index (χ0n) is 13.7. The number of benzene rings is 1. The van der Waals surface area contributed by atoms with Crippen molar-refractivity contribution >= 4 is 22.6 Å². The molecule has 0 spiro atoms. The number of amides is 1. The summed E-state index contributed by atoms with van der Waals surface area (Å²) in [5.41, 5.74) is 1.39. The first-order valence-electron chi connectivity index (χ1n) is 7.86. The maximum absolute atomic E-state index is 12.5. The van der Waals surface area contributed by atoms with Gasteiger partial charge in [-0.15, -0.1) is 0 Å². The van der Waals surface area contributed by atoms with Crippen LogP contribution >= 0.6 is 0 Å². The molecular weight excluding hydrogens is 306 g/mol. The largest absolute Gasteiger partial charge is 0.309 e. The van der Waals surface area contributed by atoms with E-state index >= 15 is 0 Å². The molecule has 3 rings (SSSR count). The Labute approximate surface area is 138 Å². The van der Waals surface area contributed by atoms with E-state index in [9.17, 15) is 9.59 Å². The summed E-state index contributed by atoms with van der Waals surface area (Å²) in [6.07, 6.45) is 3.96. The Bertz CT molecular complexity index is 942. The fraction of sp³-hybridized carbons (Fsp3) is 0.294. The molecule has 0 atom stereocenters. The molecule has 1 N–H and O–H groups in total. The number of nitrogens with zero attached hydrogens (tertiary/aromatic N) is 4. The fourth-order valence-electron chi connectivity index (χ4n) is 2.55. The number of aryl methyl sites for hydroxylation is 2. The van der Waals surface area contributed by atoms with Crippen molar-refractivity contribution in [3.8, 4) is 0 Å². The van der Waals surface area contributed by atoms with Gasteiger partial charge < -0.3 is 5.32 Å². The van der Waals surface area contributed by atoms with Gasteiger partial charge in [-0.2, -0.15) is 5.10 Å². The number of rotatable bonds is 5. The summed E-state index contributed by atoms with van der Waals surface area (Å²) in [7, 11) is 0. The van der Waals surface area contributed by atoms with E-state index in [-0.39, 0.29) is 18.0 Å². The van der Waals surface area contributed by atoms with Crippen LogP contribution in [0.4, 0.5) is 5.82 Å². The Hall–Kier alpha value is -2.96. The van der Waals surface area contributed by atoms with E-state index < -0.39 is 0 Å². The minimum Gasteiger partial charge on any atom is -0.309 e. The van der Waals surface area contributed by atoms with Crippen LogP contribution in [0.1, 0.15) is 18.9 Å². The van der Waals surface area contributed by atoms with Gasteiger partial charge in [0.2, 0.25) is 5.91 Å². The highest BCUT2D eigenvalue weighted by molar-refractivity contribution is 5.89. The van der Waals surface area contributed by atoms with E-state index in [2.05, 4.69) is 15.4 Å². The van der Waals surface area contributed by atoms with E-state index in [1.165, 1.54) is 10.9 Å². The van der Waals surface area contributed by atoms with Crippen molar-refractivity contribution in [2.75, 3.05) is 5.32 Å². The Balaban J connectivity index is 1.81. The summed E-state index contributed by atoms with van der Waals surface area (Å²) in [5, 5.41) is 7.45.